The second-order valence-corrected chi connectivity index (χ2v) is 7.27. The van der Waals surface area contributed by atoms with Crippen molar-refractivity contribution in [2.24, 2.45) is 0 Å². The van der Waals surface area contributed by atoms with Crippen LogP contribution in [-0.4, -0.2) is 34.9 Å². The highest BCUT2D eigenvalue weighted by molar-refractivity contribution is 7.12. The minimum Gasteiger partial charge on any atom is -0.407 e. The summed E-state index contributed by atoms with van der Waals surface area (Å²) in [5, 5.41) is 11.9. The number of nitrogens with zero attached hydrogens (tertiary/aromatic N) is 3. The van der Waals surface area contributed by atoms with Gasteiger partial charge in [0, 0.05) is 18.7 Å². The van der Waals surface area contributed by atoms with Gasteiger partial charge in [-0.05, 0) is 35.7 Å². The van der Waals surface area contributed by atoms with Gasteiger partial charge in [-0.2, -0.15) is 0 Å². The second kappa shape index (κ2) is 7.78. The zero-order valence-corrected chi connectivity index (χ0v) is 15.9. The second-order valence-electron chi connectivity index (χ2n) is 6.32. The normalized spacial score (nSPS) is 16.7. The number of benzene rings is 1. The third-order valence-electron chi connectivity index (χ3n) is 4.26. The van der Waals surface area contributed by atoms with E-state index in [2.05, 4.69) is 20.3 Å². The first-order valence-electron chi connectivity index (χ1n) is 8.63. The standard InChI is InChI=1S/C18H13F3N4O4S/c19-18(20,21)29-12-5-3-11(4-6-12)25-9-10(8-14(25)26)16-23-24-17(28-16)22-15(27)13-2-1-7-30-13/h1-7,10H,8-9H2,(H,22,24,27). The fourth-order valence-corrected chi connectivity index (χ4v) is 3.59. The summed E-state index contributed by atoms with van der Waals surface area (Å²) >= 11 is 1.26. The molecule has 2 aromatic heterocycles. The minimum atomic E-state index is -4.79. The molecule has 1 aromatic carbocycles. The van der Waals surface area contributed by atoms with E-state index in [1.807, 2.05) is 0 Å². The number of carbonyl (C=O) groups excluding carboxylic acids is 2. The number of hydrogen-bond donors (Lipinski definition) is 1. The average molecular weight is 438 g/mol. The van der Waals surface area contributed by atoms with E-state index in [0.29, 0.717) is 10.6 Å². The van der Waals surface area contributed by atoms with Crippen LogP contribution >= 0.6 is 11.3 Å². The first-order chi connectivity index (χ1) is 14.3. The Hall–Kier alpha value is -3.41. The lowest BCUT2D eigenvalue weighted by atomic mass is 10.1. The summed E-state index contributed by atoms with van der Waals surface area (Å²) in [7, 11) is 0. The van der Waals surface area contributed by atoms with E-state index in [-0.39, 0.29) is 42.4 Å². The molecule has 3 aromatic rings. The summed E-state index contributed by atoms with van der Waals surface area (Å²) in [6.07, 6.45) is -4.70. The number of aromatic nitrogens is 2. The number of hydrogen-bond acceptors (Lipinski definition) is 7. The van der Waals surface area contributed by atoms with Crippen molar-refractivity contribution in [3.63, 3.8) is 0 Å². The maximum Gasteiger partial charge on any atom is 0.573 e. The number of ether oxygens (including phenoxy) is 1. The van der Waals surface area contributed by atoms with Gasteiger partial charge in [-0.1, -0.05) is 11.2 Å². The smallest absolute Gasteiger partial charge is 0.407 e. The van der Waals surface area contributed by atoms with Gasteiger partial charge in [-0.3, -0.25) is 14.9 Å². The molecule has 0 radical (unpaired) electrons. The lowest BCUT2D eigenvalue weighted by Crippen LogP contribution is -2.24. The van der Waals surface area contributed by atoms with Crippen LogP contribution in [0.5, 0.6) is 5.75 Å². The number of thiophene rings is 1. The lowest BCUT2D eigenvalue weighted by molar-refractivity contribution is -0.274. The molecule has 1 aliphatic heterocycles. The molecule has 30 heavy (non-hydrogen) atoms. The number of amides is 2. The van der Waals surface area contributed by atoms with E-state index in [9.17, 15) is 22.8 Å². The molecule has 4 rings (SSSR count). The van der Waals surface area contributed by atoms with Crippen molar-refractivity contribution in [1.29, 1.82) is 0 Å². The van der Waals surface area contributed by atoms with Crippen molar-refractivity contribution in [1.82, 2.24) is 10.2 Å². The molecule has 0 bridgehead atoms. The van der Waals surface area contributed by atoms with Gasteiger partial charge in [0.25, 0.3) is 5.91 Å². The van der Waals surface area contributed by atoms with E-state index in [4.69, 9.17) is 4.42 Å². The topological polar surface area (TPSA) is 97.6 Å². The summed E-state index contributed by atoms with van der Waals surface area (Å²) in [5.74, 6) is -1.23. The van der Waals surface area contributed by atoms with Crippen molar-refractivity contribution in [3.8, 4) is 5.75 Å². The van der Waals surface area contributed by atoms with Crippen molar-refractivity contribution >= 4 is 34.9 Å². The molecule has 0 spiro atoms. The van der Waals surface area contributed by atoms with Crippen LogP contribution in [0.15, 0.2) is 46.2 Å². The Labute approximate surface area is 171 Å². The van der Waals surface area contributed by atoms with Crippen LogP contribution in [0.2, 0.25) is 0 Å². The number of nitrogens with one attached hydrogen (secondary N) is 1. The molecular weight excluding hydrogens is 425 g/mol. The highest BCUT2D eigenvalue weighted by Crippen LogP contribution is 2.33. The molecule has 1 saturated heterocycles. The monoisotopic (exact) mass is 438 g/mol. The maximum atomic E-state index is 12.4. The molecular formula is C18H13F3N4O4S. The first-order valence-corrected chi connectivity index (χ1v) is 9.51. The first kappa shape index (κ1) is 19.9. The highest BCUT2D eigenvalue weighted by Gasteiger charge is 2.35. The van der Waals surface area contributed by atoms with Gasteiger partial charge in [0.1, 0.15) is 5.75 Å². The zero-order valence-electron chi connectivity index (χ0n) is 15.0. The van der Waals surface area contributed by atoms with Crippen LogP contribution in [0.25, 0.3) is 0 Å². The Morgan fingerprint density at radius 1 is 1.23 bits per heavy atom. The van der Waals surface area contributed by atoms with E-state index in [1.54, 1.807) is 17.5 Å². The number of rotatable bonds is 5. The molecule has 2 amide bonds. The molecule has 1 aliphatic rings. The average Bonchev–Trinajstić information content (AvgIpc) is 3.41. The maximum absolute atomic E-state index is 12.4. The summed E-state index contributed by atoms with van der Waals surface area (Å²) in [4.78, 5) is 26.3. The van der Waals surface area contributed by atoms with Crippen molar-refractivity contribution in [2.45, 2.75) is 18.7 Å². The molecule has 12 heteroatoms. The van der Waals surface area contributed by atoms with Gasteiger partial charge in [0.15, 0.2) is 0 Å². The van der Waals surface area contributed by atoms with Gasteiger partial charge >= 0.3 is 12.4 Å². The van der Waals surface area contributed by atoms with Crippen LogP contribution in [0.3, 0.4) is 0 Å². The van der Waals surface area contributed by atoms with Gasteiger partial charge in [0.2, 0.25) is 11.8 Å². The fourth-order valence-electron chi connectivity index (χ4n) is 2.97. The van der Waals surface area contributed by atoms with Crippen LogP contribution < -0.4 is 15.0 Å². The molecule has 1 N–H and O–H groups in total. The molecule has 8 nitrogen and oxygen atoms in total. The summed E-state index contributed by atoms with van der Waals surface area (Å²) < 4.78 is 46.1. The quantitative estimate of drug-likeness (QED) is 0.651. The largest absolute Gasteiger partial charge is 0.573 e. The predicted molar refractivity (Wildman–Crippen MR) is 99.4 cm³/mol. The van der Waals surface area contributed by atoms with Crippen LogP contribution in [0.1, 0.15) is 27.9 Å². The molecule has 1 atom stereocenters. The van der Waals surface area contributed by atoms with Gasteiger partial charge in [-0.15, -0.1) is 29.6 Å². The Kier molecular flexibility index (Phi) is 5.16. The fraction of sp³-hybridized carbons (Fsp3) is 0.222. The predicted octanol–water partition coefficient (Wildman–Crippen LogP) is 3.80. The molecule has 1 fully saturated rings. The van der Waals surface area contributed by atoms with Crippen LogP contribution in [0.4, 0.5) is 24.9 Å². The number of carbonyl (C=O) groups is 2. The third-order valence-corrected chi connectivity index (χ3v) is 5.13. The highest BCUT2D eigenvalue weighted by atomic mass is 32.1. The Balaban J connectivity index is 1.41. The molecule has 3 heterocycles. The lowest BCUT2D eigenvalue weighted by Gasteiger charge is -2.17. The van der Waals surface area contributed by atoms with E-state index >= 15 is 0 Å². The zero-order chi connectivity index (χ0) is 21.3. The van der Waals surface area contributed by atoms with Crippen molar-refractivity contribution < 1.29 is 31.9 Å². The third kappa shape index (κ3) is 4.43. The van der Waals surface area contributed by atoms with Gasteiger partial charge in [-0.25, -0.2) is 0 Å². The Bertz CT molecular complexity index is 1050. The number of alkyl halides is 3. The van der Waals surface area contributed by atoms with E-state index in [1.165, 1.54) is 28.4 Å². The SMILES string of the molecule is O=C(Nc1nnc(C2CC(=O)N(c3ccc(OC(F)(F)F)cc3)C2)o1)c1cccs1. The van der Waals surface area contributed by atoms with Gasteiger partial charge in [0.05, 0.1) is 10.8 Å². The summed E-state index contributed by atoms with van der Waals surface area (Å²) in [6.45, 7) is 0.207. The molecule has 156 valence electrons. The molecule has 1 unspecified atom stereocenters. The van der Waals surface area contributed by atoms with Crippen molar-refractivity contribution in [2.75, 3.05) is 16.8 Å². The van der Waals surface area contributed by atoms with Crippen LogP contribution in [-0.2, 0) is 4.79 Å². The summed E-state index contributed by atoms with van der Waals surface area (Å²) in [5.41, 5.74) is 0.419. The van der Waals surface area contributed by atoms with E-state index in [0.717, 1.165) is 12.1 Å². The number of halogens is 3. The van der Waals surface area contributed by atoms with Crippen LogP contribution in [0, 0.1) is 0 Å². The molecule has 0 saturated carbocycles. The Morgan fingerprint density at radius 2 is 2.00 bits per heavy atom. The van der Waals surface area contributed by atoms with Gasteiger partial charge < -0.3 is 14.1 Å². The summed E-state index contributed by atoms with van der Waals surface area (Å²) in [6, 6.07) is 8.30. The van der Waals surface area contributed by atoms with Crippen molar-refractivity contribution in [3.05, 3.63) is 52.5 Å². The Morgan fingerprint density at radius 3 is 2.67 bits per heavy atom. The number of anilines is 2. The minimum absolute atomic E-state index is 0.0806. The van der Waals surface area contributed by atoms with E-state index < -0.39 is 12.3 Å². The molecule has 0 aliphatic carbocycles.